The first-order chi connectivity index (χ1) is 10.1. The molecule has 0 amide bonds. The van der Waals surface area contributed by atoms with Crippen molar-refractivity contribution in [2.75, 3.05) is 13.1 Å². The molecule has 0 radical (unpaired) electrons. The minimum atomic E-state index is -0.350. The Morgan fingerprint density at radius 3 is 2.90 bits per heavy atom. The minimum Gasteiger partial charge on any atom is -0.316 e. The average molecular weight is 282 g/mol. The van der Waals surface area contributed by atoms with Crippen LogP contribution in [0.2, 0.25) is 0 Å². The SMILES string of the molecule is CC(C)(C(=O)c1cnc2ccccc2c1)C1CCCNC1. The van der Waals surface area contributed by atoms with Gasteiger partial charge >= 0.3 is 0 Å². The third kappa shape index (κ3) is 2.70. The number of hydrogen-bond donors (Lipinski definition) is 1. The van der Waals surface area contributed by atoms with Gasteiger partial charge in [0.2, 0.25) is 0 Å². The quantitative estimate of drug-likeness (QED) is 0.877. The predicted octanol–water partition coefficient (Wildman–Crippen LogP) is 3.44. The lowest BCUT2D eigenvalue weighted by molar-refractivity contribution is 0.0708. The number of piperidine rings is 1. The van der Waals surface area contributed by atoms with Crippen molar-refractivity contribution in [3.63, 3.8) is 0 Å². The number of nitrogens with one attached hydrogen (secondary N) is 1. The van der Waals surface area contributed by atoms with E-state index in [0.29, 0.717) is 5.92 Å². The first kappa shape index (κ1) is 14.2. The second-order valence-corrected chi connectivity index (χ2v) is 6.51. The normalized spacial score (nSPS) is 19.6. The Morgan fingerprint density at radius 2 is 2.14 bits per heavy atom. The van der Waals surface area contributed by atoms with Crippen molar-refractivity contribution < 1.29 is 4.79 Å². The van der Waals surface area contributed by atoms with Crippen molar-refractivity contribution in [1.29, 1.82) is 0 Å². The summed E-state index contributed by atoms with van der Waals surface area (Å²) in [6, 6.07) is 9.90. The molecule has 2 aromatic rings. The van der Waals surface area contributed by atoms with E-state index in [0.717, 1.165) is 42.4 Å². The Morgan fingerprint density at radius 1 is 1.33 bits per heavy atom. The average Bonchev–Trinajstić information content (AvgIpc) is 2.54. The highest BCUT2D eigenvalue weighted by molar-refractivity contribution is 6.02. The van der Waals surface area contributed by atoms with Crippen molar-refractivity contribution in [2.45, 2.75) is 26.7 Å². The van der Waals surface area contributed by atoms with Gasteiger partial charge in [-0.05, 0) is 44.0 Å². The molecular weight excluding hydrogens is 260 g/mol. The van der Waals surface area contributed by atoms with Crippen molar-refractivity contribution in [2.24, 2.45) is 11.3 Å². The first-order valence-corrected chi connectivity index (χ1v) is 7.69. The topological polar surface area (TPSA) is 42.0 Å². The Balaban J connectivity index is 1.91. The van der Waals surface area contributed by atoms with Crippen LogP contribution in [-0.2, 0) is 0 Å². The number of para-hydroxylation sites is 1. The van der Waals surface area contributed by atoms with Gasteiger partial charge in [-0.15, -0.1) is 0 Å². The molecule has 21 heavy (non-hydrogen) atoms. The molecule has 3 heteroatoms. The van der Waals surface area contributed by atoms with Crippen LogP contribution in [0.5, 0.6) is 0 Å². The summed E-state index contributed by atoms with van der Waals surface area (Å²) < 4.78 is 0. The van der Waals surface area contributed by atoms with Gasteiger partial charge in [-0.25, -0.2) is 0 Å². The van der Waals surface area contributed by atoms with E-state index in [4.69, 9.17) is 0 Å². The van der Waals surface area contributed by atoms with Crippen LogP contribution in [0.3, 0.4) is 0 Å². The molecular formula is C18H22N2O. The lowest BCUT2D eigenvalue weighted by Gasteiger charge is -2.36. The molecule has 1 aliphatic heterocycles. The molecule has 3 nitrogen and oxygen atoms in total. The van der Waals surface area contributed by atoms with Crippen LogP contribution in [0, 0.1) is 11.3 Å². The molecule has 1 atom stereocenters. The molecule has 1 aromatic carbocycles. The number of Topliss-reactive ketones (excluding diaryl/α,β-unsaturated/α-hetero) is 1. The first-order valence-electron chi connectivity index (χ1n) is 7.69. The summed E-state index contributed by atoms with van der Waals surface area (Å²) in [5.41, 5.74) is 1.31. The molecule has 1 saturated heterocycles. The van der Waals surface area contributed by atoms with Gasteiger partial charge in [0, 0.05) is 22.6 Å². The minimum absolute atomic E-state index is 0.203. The van der Waals surface area contributed by atoms with E-state index in [1.165, 1.54) is 0 Å². The Kier molecular flexibility index (Phi) is 3.77. The number of nitrogens with zero attached hydrogens (tertiary/aromatic N) is 1. The van der Waals surface area contributed by atoms with Gasteiger partial charge in [-0.2, -0.15) is 0 Å². The molecule has 0 aliphatic carbocycles. The smallest absolute Gasteiger partial charge is 0.170 e. The summed E-state index contributed by atoms with van der Waals surface area (Å²) in [4.78, 5) is 17.4. The van der Waals surface area contributed by atoms with Crippen LogP contribution in [0.15, 0.2) is 36.5 Å². The molecule has 1 fully saturated rings. The summed E-state index contributed by atoms with van der Waals surface area (Å²) in [6.07, 6.45) is 3.99. The standard InChI is InChI=1S/C18H22N2O/c1-18(2,15-7-5-9-19-12-15)17(21)14-10-13-6-3-4-8-16(13)20-11-14/h3-4,6,8,10-11,15,19H,5,7,9,12H2,1-2H3. The molecule has 0 spiro atoms. The van der Waals surface area contributed by atoms with Crippen LogP contribution < -0.4 is 5.32 Å². The van der Waals surface area contributed by atoms with Crippen molar-refractivity contribution in [1.82, 2.24) is 10.3 Å². The zero-order chi connectivity index (χ0) is 14.9. The molecule has 3 rings (SSSR count). The maximum absolute atomic E-state index is 12.9. The molecule has 1 N–H and O–H groups in total. The zero-order valence-corrected chi connectivity index (χ0v) is 12.7. The summed E-state index contributed by atoms with van der Waals surface area (Å²) in [5.74, 6) is 0.597. The maximum Gasteiger partial charge on any atom is 0.170 e. The third-order valence-corrected chi connectivity index (χ3v) is 4.76. The van der Waals surface area contributed by atoms with Gasteiger partial charge in [-0.1, -0.05) is 32.0 Å². The zero-order valence-electron chi connectivity index (χ0n) is 12.7. The number of carbonyl (C=O) groups excluding carboxylic acids is 1. The van der Waals surface area contributed by atoms with Gasteiger partial charge in [0.15, 0.2) is 5.78 Å². The molecule has 0 saturated carbocycles. The second kappa shape index (κ2) is 5.57. The fraction of sp³-hybridized carbons (Fsp3) is 0.444. The highest BCUT2D eigenvalue weighted by Crippen LogP contribution is 2.35. The van der Waals surface area contributed by atoms with Gasteiger partial charge < -0.3 is 5.32 Å². The van der Waals surface area contributed by atoms with Gasteiger partial charge in [-0.3, -0.25) is 9.78 Å². The predicted molar refractivity (Wildman–Crippen MR) is 85.4 cm³/mol. The number of aromatic nitrogens is 1. The lowest BCUT2D eigenvalue weighted by Crippen LogP contribution is -2.42. The number of fused-ring (bicyclic) bond motifs is 1. The van der Waals surface area contributed by atoms with E-state index in [1.54, 1.807) is 6.20 Å². The van der Waals surface area contributed by atoms with E-state index < -0.39 is 0 Å². The monoisotopic (exact) mass is 282 g/mol. The number of rotatable bonds is 3. The Hall–Kier alpha value is -1.74. The van der Waals surface area contributed by atoms with E-state index in [1.807, 2.05) is 30.3 Å². The maximum atomic E-state index is 12.9. The summed E-state index contributed by atoms with van der Waals surface area (Å²) in [6.45, 7) is 6.14. The van der Waals surface area contributed by atoms with Crippen molar-refractivity contribution in [3.8, 4) is 0 Å². The van der Waals surface area contributed by atoms with Crippen LogP contribution in [0.25, 0.3) is 10.9 Å². The fourth-order valence-electron chi connectivity index (χ4n) is 3.22. The van der Waals surface area contributed by atoms with E-state index >= 15 is 0 Å². The van der Waals surface area contributed by atoms with Gasteiger partial charge in [0.05, 0.1) is 5.52 Å². The summed E-state index contributed by atoms with van der Waals surface area (Å²) in [5, 5.41) is 4.44. The summed E-state index contributed by atoms with van der Waals surface area (Å²) in [7, 11) is 0. The van der Waals surface area contributed by atoms with Crippen LogP contribution >= 0.6 is 0 Å². The van der Waals surface area contributed by atoms with Crippen LogP contribution in [-0.4, -0.2) is 23.9 Å². The molecule has 110 valence electrons. The lowest BCUT2D eigenvalue weighted by atomic mass is 9.70. The van der Waals surface area contributed by atoms with Crippen molar-refractivity contribution in [3.05, 3.63) is 42.1 Å². The highest BCUT2D eigenvalue weighted by Gasteiger charge is 2.37. The molecule has 0 bridgehead atoms. The summed E-state index contributed by atoms with van der Waals surface area (Å²) >= 11 is 0. The van der Waals surface area contributed by atoms with E-state index in [2.05, 4.69) is 24.1 Å². The Bertz CT molecular complexity index is 657. The van der Waals surface area contributed by atoms with Crippen LogP contribution in [0.1, 0.15) is 37.0 Å². The third-order valence-electron chi connectivity index (χ3n) is 4.76. The fourth-order valence-corrected chi connectivity index (χ4v) is 3.22. The van der Waals surface area contributed by atoms with Gasteiger partial charge in [0.25, 0.3) is 0 Å². The van der Waals surface area contributed by atoms with E-state index in [9.17, 15) is 4.79 Å². The number of pyridine rings is 1. The number of ketones is 1. The molecule has 1 unspecified atom stereocenters. The molecule has 1 aromatic heterocycles. The van der Waals surface area contributed by atoms with Crippen LogP contribution in [0.4, 0.5) is 0 Å². The second-order valence-electron chi connectivity index (χ2n) is 6.51. The van der Waals surface area contributed by atoms with Gasteiger partial charge in [0.1, 0.15) is 0 Å². The Labute approximate surface area is 125 Å². The highest BCUT2D eigenvalue weighted by atomic mass is 16.1. The van der Waals surface area contributed by atoms with Crippen molar-refractivity contribution >= 4 is 16.7 Å². The largest absolute Gasteiger partial charge is 0.316 e. The number of carbonyl (C=O) groups is 1. The number of benzene rings is 1. The molecule has 1 aliphatic rings. The van der Waals surface area contributed by atoms with E-state index in [-0.39, 0.29) is 11.2 Å². The number of hydrogen-bond acceptors (Lipinski definition) is 3. The molecule has 2 heterocycles.